The van der Waals surface area contributed by atoms with Crippen LogP contribution in [0.3, 0.4) is 0 Å². The molecular weight excluding hydrogens is 228 g/mol. The predicted octanol–water partition coefficient (Wildman–Crippen LogP) is 1.37. The van der Waals surface area contributed by atoms with Crippen molar-refractivity contribution in [1.29, 1.82) is 0 Å². The van der Waals surface area contributed by atoms with Crippen molar-refractivity contribution in [3.63, 3.8) is 0 Å². The third kappa shape index (κ3) is 2.76. The van der Waals surface area contributed by atoms with Crippen molar-refractivity contribution < 1.29 is 4.79 Å². The molecule has 0 radical (unpaired) electrons. The van der Waals surface area contributed by atoms with E-state index in [1.54, 1.807) is 24.5 Å². The molecule has 0 bridgehead atoms. The van der Waals surface area contributed by atoms with Crippen molar-refractivity contribution in [2.75, 3.05) is 11.1 Å². The summed E-state index contributed by atoms with van der Waals surface area (Å²) in [6.07, 6.45) is 3.46. The van der Waals surface area contributed by atoms with Gasteiger partial charge in [0, 0.05) is 30.3 Å². The van der Waals surface area contributed by atoms with E-state index in [1.165, 1.54) is 0 Å². The Morgan fingerprint density at radius 3 is 2.61 bits per heavy atom. The average molecular weight is 242 g/mol. The van der Waals surface area contributed by atoms with Gasteiger partial charge in [-0.3, -0.25) is 9.78 Å². The van der Waals surface area contributed by atoms with E-state index < -0.39 is 5.91 Å². The molecule has 0 aliphatic rings. The normalized spacial score (nSPS) is 10.0. The van der Waals surface area contributed by atoms with E-state index in [0.29, 0.717) is 17.8 Å². The lowest BCUT2D eigenvalue weighted by Crippen LogP contribution is -2.14. The van der Waals surface area contributed by atoms with Gasteiger partial charge in [-0.25, -0.2) is 0 Å². The van der Waals surface area contributed by atoms with Gasteiger partial charge in [0.1, 0.15) is 0 Å². The van der Waals surface area contributed by atoms with E-state index in [9.17, 15) is 4.79 Å². The second kappa shape index (κ2) is 5.18. The highest BCUT2D eigenvalue weighted by Crippen LogP contribution is 2.17. The van der Waals surface area contributed by atoms with Crippen LogP contribution in [0.15, 0.2) is 42.7 Å². The van der Waals surface area contributed by atoms with E-state index in [-0.39, 0.29) is 0 Å². The first-order valence-corrected chi connectivity index (χ1v) is 5.49. The van der Waals surface area contributed by atoms with Crippen molar-refractivity contribution >= 4 is 17.3 Å². The van der Waals surface area contributed by atoms with Gasteiger partial charge in [0.05, 0.1) is 5.56 Å². The zero-order valence-corrected chi connectivity index (χ0v) is 9.76. The lowest BCUT2D eigenvalue weighted by Gasteiger charge is -2.09. The molecule has 1 aromatic heterocycles. The SMILES string of the molecule is NC(=O)c1cc(NCc2ccncc2)ccc1N. The number of nitrogens with two attached hydrogens (primary N) is 2. The molecule has 0 aliphatic carbocycles. The molecular formula is C13H14N4O. The molecule has 1 aromatic carbocycles. The van der Waals surface area contributed by atoms with Crippen molar-refractivity contribution in [1.82, 2.24) is 4.98 Å². The maximum atomic E-state index is 11.2. The molecule has 1 heterocycles. The topological polar surface area (TPSA) is 94.0 Å². The molecule has 0 fully saturated rings. The Labute approximate surface area is 105 Å². The van der Waals surface area contributed by atoms with E-state index in [0.717, 1.165) is 11.3 Å². The summed E-state index contributed by atoms with van der Waals surface area (Å²) in [5.41, 5.74) is 13.5. The monoisotopic (exact) mass is 242 g/mol. The number of hydrogen-bond donors (Lipinski definition) is 3. The van der Waals surface area contributed by atoms with Crippen LogP contribution in [-0.4, -0.2) is 10.9 Å². The summed E-state index contributed by atoms with van der Waals surface area (Å²) in [5, 5.41) is 3.19. The highest BCUT2D eigenvalue weighted by atomic mass is 16.1. The quantitative estimate of drug-likeness (QED) is 0.706. The summed E-state index contributed by atoms with van der Waals surface area (Å²) >= 11 is 0. The van der Waals surface area contributed by atoms with Crippen LogP contribution in [0, 0.1) is 0 Å². The number of benzene rings is 1. The lowest BCUT2D eigenvalue weighted by molar-refractivity contribution is 0.100. The van der Waals surface area contributed by atoms with Gasteiger partial charge in [-0.1, -0.05) is 0 Å². The fourth-order valence-corrected chi connectivity index (χ4v) is 1.58. The molecule has 0 spiro atoms. The van der Waals surface area contributed by atoms with Crippen molar-refractivity contribution in [2.45, 2.75) is 6.54 Å². The smallest absolute Gasteiger partial charge is 0.250 e. The first kappa shape index (κ1) is 11.9. The number of aromatic nitrogens is 1. The van der Waals surface area contributed by atoms with Crippen LogP contribution < -0.4 is 16.8 Å². The fourth-order valence-electron chi connectivity index (χ4n) is 1.58. The molecule has 18 heavy (non-hydrogen) atoms. The molecule has 5 heteroatoms. The van der Waals surface area contributed by atoms with Crippen LogP contribution in [0.25, 0.3) is 0 Å². The summed E-state index contributed by atoms with van der Waals surface area (Å²) in [6, 6.07) is 8.95. The summed E-state index contributed by atoms with van der Waals surface area (Å²) in [5.74, 6) is -0.528. The van der Waals surface area contributed by atoms with Crippen LogP contribution in [0.1, 0.15) is 15.9 Å². The standard InChI is InChI=1S/C13H14N4O/c14-12-2-1-10(7-11(12)13(15)18)17-8-9-3-5-16-6-4-9/h1-7,17H,8,14H2,(H2,15,18). The van der Waals surface area contributed by atoms with Crippen LogP contribution in [0.5, 0.6) is 0 Å². The van der Waals surface area contributed by atoms with Crippen LogP contribution in [0.4, 0.5) is 11.4 Å². The molecule has 92 valence electrons. The molecule has 0 atom stereocenters. The summed E-state index contributed by atoms with van der Waals surface area (Å²) in [6.45, 7) is 0.643. The number of anilines is 2. The second-order valence-electron chi connectivity index (χ2n) is 3.88. The second-order valence-corrected chi connectivity index (χ2v) is 3.88. The number of nitrogens with one attached hydrogen (secondary N) is 1. The zero-order chi connectivity index (χ0) is 13.0. The largest absolute Gasteiger partial charge is 0.398 e. The van der Waals surface area contributed by atoms with Crippen molar-refractivity contribution in [2.24, 2.45) is 5.73 Å². The van der Waals surface area contributed by atoms with Gasteiger partial charge in [-0.05, 0) is 35.9 Å². The highest BCUT2D eigenvalue weighted by molar-refractivity contribution is 5.98. The zero-order valence-electron chi connectivity index (χ0n) is 9.76. The Morgan fingerprint density at radius 1 is 1.22 bits per heavy atom. The fraction of sp³-hybridized carbons (Fsp3) is 0.0769. The molecule has 5 N–H and O–H groups in total. The van der Waals surface area contributed by atoms with Gasteiger partial charge in [0.2, 0.25) is 0 Å². The molecule has 0 unspecified atom stereocenters. The Morgan fingerprint density at radius 2 is 1.94 bits per heavy atom. The number of nitrogens with zero attached hydrogens (tertiary/aromatic N) is 1. The number of hydrogen-bond acceptors (Lipinski definition) is 4. The molecule has 0 saturated heterocycles. The number of primary amides is 1. The number of rotatable bonds is 4. The Kier molecular flexibility index (Phi) is 3.43. The summed E-state index contributed by atoms with van der Waals surface area (Å²) in [7, 11) is 0. The van der Waals surface area contributed by atoms with E-state index in [2.05, 4.69) is 10.3 Å². The Balaban J connectivity index is 2.11. The number of amides is 1. The molecule has 2 aromatic rings. The molecule has 0 saturated carbocycles. The first-order chi connectivity index (χ1) is 8.66. The first-order valence-electron chi connectivity index (χ1n) is 5.49. The molecule has 1 amide bonds. The van der Waals surface area contributed by atoms with Gasteiger partial charge in [-0.2, -0.15) is 0 Å². The lowest BCUT2D eigenvalue weighted by atomic mass is 10.1. The number of nitrogen functional groups attached to an aromatic ring is 1. The van der Waals surface area contributed by atoms with E-state index in [1.807, 2.05) is 18.2 Å². The maximum Gasteiger partial charge on any atom is 0.250 e. The third-order valence-corrected chi connectivity index (χ3v) is 2.56. The van der Waals surface area contributed by atoms with Crippen molar-refractivity contribution in [3.8, 4) is 0 Å². The van der Waals surface area contributed by atoms with E-state index >= 15 is 0 Å². The average Bonchev–Trinajstić information content (AvgIpc) is 2.38. The van der Waals surface area contributed by atoms with E-state index in [4.69, 9.17) is 11.5 Å². The third-order valence-electron chi connectivity index (χ3n) is 2.56. The van der Waals surface area contributed by atoms with Gasteiger partial charge in [0.15, 0.2) is 0 Å². The number of carbonyl (C=O) groups is 1. The summed E-state index contributed by atoms with van der Waals surface area (Å²) in [4.78, 5) is 15.1. The predicted molar refractivity (Wildman–Crippen MR) is 70.9 cm³/mol. The summed E-state index contributed by atoms with van der Waals surface area (Å²) < 4.78 is 0. The van der Waals surface area contributed by atoms with Gasteiger partial charge in [-0.15, -0.1) is 0 Å². The molecule has 0 aliphatic heterocycles. The minimum atomic E-state index is -0.528. The number of carbonyl (C=O) groups excluding carboxylic acids is 1. The minimum Gasteiger partial charge on any atom is -0.398 e. The highest BCUT2D eigenvalue weighted by Gasteiger charge is 2.06. The van der Waals surface area contributed by atoms with Crippen LogP contribution in [0.2, 0.25) is 0 Å². The van der Waals surface area contributed by atoms with Crippen LogP contribution in [-0.2, 0) is 6.54 Å². The maximum absolute atomic E-state index is 11.2. The van der Waals surface area contributed by atoms with Gasteiger partial charge in [0.25, 0.3) is 5.91 Å². The Hall–Kier alpha value is -2.56. The molecule has 5 nitrogen and oxygen atoms in total. The van der Waals surface area contributed by atoms with Gasteiger partial charge < -0.3 is 16.8 Å². The van der Waals surface area contributed by atoms with Crippen molar-refractivity contribution in [3.05, 3.63) is 53.9 Å². The van der Waals surface area contributed by atoms with Crippen LogP contribution >= 0.6 is 0 Å². The Bertz CT molecular complexity index is 554. The number of pyridine rings is 1. The minimum absolute atomic E-state index is 0.328. The van der Waals surface area contributed by atoms with Gasteiger partial charge >= 0.3 is 0 Å². The molecule has 2 rings (SSSR count).